The van der Waals surface area contributed by atoms with Gasteiger partial charge in [-0.15, -0.1) is 0 Å². The lowest BCUT2D eigenvalue weighted by Crippen LogP contribution is -2.51. The number of nitrogens with zero attached hydrogens (tertiary/aromatic N) is 3. The highest BCUT2D eigenvalue weighted by Crippen LogP contribution is 2.19. The molecule has 112 valence electrons. The van der Waals surface area contributed by atoms with Crippen LogP contribution in [0.25, 0.3) is 0 Å². The normalized spacial score (nSPS) is 16.6. The van der Waals surface area contributed by atoms with Crippen molar-refractivity contribution in [2.45, 2.75) is 27.3 Å². The molecule has 2 rings (SSSR count). The van der Waals surface area contributed by atoms with E-state index in [9.17, 15) is 4.79 Å². The Labute approximate surface area is 127 Å². The number of hydrogen-bond donors (Lipinski definition) is 0. The van der Waals surface area contributed by atoms with Gasteiger partial charge in [0, 0.05) is 38.1 Å². The first kappa shape index (κ1) is 15.5. The third-order valence-electron chi connectivity index (χ3n) is 3.76. The summed E-state index contributed by atoms with van der Waals surface area (Å²) in [6.45, 7) is 10.1. The fourth-order valence-corrected chi connectivity index (χ4v) is 2.58. The zero-order valence-electron chi connectivity index (χ0n) is 13.1. The van der Waals surface area contributed by atoms with Crippen LogP contribution in [0.2, 0.25) is 0 Å². The lowest BCUT2D eigenvalue weighted by molar-refractivity contribution is -0.141. The first-order chi connectivity index (χ1) is 9.90. The quantitative estimate of drug-likeness (QED) is 0.837. The molecule has 1 saturated heterocycles. The Balaban J connectivity index is 1.90. The summed E-state index contributed by atoms with van der Waals surface area (Å²) < 4.78 is 0. The minimum atomic E-state index is -0.302. The molecule has 4 heteroatoms. The Morgan fingerprint density at radius 3 is 2.48 bits per heavy atom. The van der Waals surface area contributed by atoms with Crippen LogP contribution < -0.4 is 0 Å². The summed E-state index contributed by atoms with van der Waals surface area (Å²) in [5.74, 6) is 0.230. The highest BCUT2D eigenvalue weighted by molar-refractivity contribution is 5.81. The number of nitriles is 1. The monoisotopic (exact) mass is 285 g/mol. The Bertz CT molecular complexity index is 546. The van der Waals surface area contributed by atoms with Crippen LogP contribution in [0.1, 0.15) is 31.9 Å². The van der Waals surface area contributed by atoms with Crippen molar-refractivity contribution in [3.8, 4) is 6.07 Å². The van der Waals surface area contributed by atoms with E-state index in [1.54, 1.807) is 0 Å². The van der Waals surface area contributed by atoms with Crippen LogP contribution in [0.15, 0.2) is 24.3 Å². The van der Waals surface area contributed by atoms with E-state index in [2.05, 4.69) is 11.0 Å². The van der Waals surface area contributed by atoms with Crippen molar-refractivity contribution in [3.05, 3.63) is 35.4 Å². The average Bonchev–Trinajstić information content (AvgIpc) is 2.46. The smallest absolute Gasteiger partial charge is 0.228 e. The fraction of sp³-hybridized carbons (Fsp3) is 0.529. The number of benzene rings is 1. The van der Waals surface area contributed by atoms with Gasteiger partial charge in [-0.2, -0.15) is 5.26 Å². The van der Waals surface area contributed by atoms with Crippen molar-refractivity contribution in [2.75, 3.05) is 26.2 Å². The van der Waals surface area contributed by atoms with E-state index in [0.29, 0.717) is 5.56 Å². The SMILES string of the molecule is CC(C)(C)C(=O)N1CCN(Cc2cccc(C#N)c2)CC1. The summed E-state index contributed by atoms with van der Waals surface area (Å²) in [5.41, 5.74) is 1.56. The molecule has 1 aromatic carbocycles. The first-order valence-corrected chi connectivity index (χ1v) is 7.41. The van der Waals surface area contributed by atoms with E-state index in [1.807, 2.05) is 49.9 Å². The van der Waals surface area contributed by atoms with E-state index in [-0.39, 0.29) is 11.3 Å². The predicted molar refractivity (Wildman–Crippen MR) is 82.5 cm³/mol. The second kappa shape index (κ2) is 6.28. The summed E-state index contributed by atoms with van der Waals surface area (Å²) in [6.07, 6.45) is 0. The fourth-order valence-electron chi connectivity index (χ4n) is 2.58. The Kier molecular flexibility index (Phi) is 4.64. The zero-order chi connectivity index (χ0) is 15.5. The average molecular weight is 285 g/mol. The highest BCUT2D eigenvalue weighted by atomic mass is 16.2. The summed E-state index contributed by atoms with van der Waals surface area (Å²) in [6, 6.07) is 9.90. The molecule has 0 spiro atoms. The molecule has 1 aromatic rings. The molecule has 0 unspecified atom stereocenters. The van der Waals surface area contributed by atoms with Crippen LogP contribution >= 0.6 is 0 Å². The molecule has 1 heterocycles. The molecule has 0 bridgehead atoms. The Morgan fingerprint density at radius 1 is 1.24 bits per heavy atom. The predicted octanol–water partition coefficient (Wildman–Crippen LogP) is 2.25. The molecule has 0 saturated carbocycles. The van der Waals surface area contributed by atoms with Crippen LogP contribution in [0.5, 0.6) is 0 Å². The standard InChI is InChI=1S/C17H23N3O/c1-17(2,3)16(21)20-9-7-19(8-10-20)13-15-6-4-5-14(11-15)12-18/h4-6,11H,7-10,13H2,1-3H3. The van der Waals surface area contributed by atoms with Crippen LogP contribution in [0, 0.1) is 16.7 Å². The number of amides is 1. The summed E-state index contributed by atoms with van der Waals surface area (Å²) in [7, 11) is 0. The lowest BCUT2D eigenvalue weighted by atomic mass is 9.94. The number of carbonyl (C=O) groups is 1. The molecule has 0 atom stereocenters. The Morgan fingerprint density at radius 2 is 1.90 bits per heavy atom. The molecule has 0 aliphatic carbocycles. The van der Waals surface area contributed by atoms with E-state index in [0.717, 1.165) is 38.3 Å². The maximum atomic E-state index is 12.2. The maximum absolute atomic E-state index is 12.2. The molecule has 0 radical (unpaired) electrons. The van der Waals surface area contributed by atoms with Gasteiger partial charge >= 0.3 is 0 Å². The van der Waals surface area contributed by atoms with Crippen molar-refractivity contribution in [3.63, 3.8) is 0 Å². The summed E-state index contributed by atoms with van der Waals surface area (Å²) in [5, 5.41) is 8.93. The molecule has 21 heavy (non-hydrogen) atoms. The third-order valence-corrected chi connectivity index (χ3v) is 3.76. The largest absolute Gasteiger partial charge is 0.340 e. The van der Waals surface area contributed by atoms with Crippen molar-refractivity contribution in [1.29, 1.82) is 5.26 Å². The van der Waals surface area contributed by atoms with E-state index < -0.39 is 0 Å². The van der Waals surface area contributed by atoms with Crippen molar-refractivity contribution < 1.29 is 4.79 Å². The molecule has 4 nitrogen and oxygen atoms in total. The third kappa shape index (κ3) is 4.05. The van der Waals surface area contributed by atoms with E-state index in [1.165, 1.54) is 0 Å². The zero-order valence-corrected chi connectivity index (χ0v) is 13.1. The van der Waals surface area contributed by atoms with Gasteiger partial charge in [-0.05, 0) is 17.7 Å². The van der Waals surface area contributed by atoms with Crippen LogP contribution in [-0.4, -0.2) is 41.9 Å². The van der Waals surface area contributed by atoms with E-state index in [4.69, 9.17) is 5.26 Å². The maximum Gasteiger partial charge on any atom is 0.228 e. The number of hydrogen-bond acceptors (Lipinski definition) is 3. The second-order valence-electron chi connectivity index (χ2n) is 6.63. The molecule has 1 fully saturated rings. The van der Waals surface area contributed by atoms with Crippen molar-refractivity contribution in [1.82, 2.24) is 9.80 Å². The number of carbonyl (C=O) groups excluding carboxylic acids is 1. The van der Waals surface area contributed by atoms with Gasteiger partial charge in [-0.1, -0.05) is 32.9 Å². The van der Waals surface area contributed by atoms with Gasteiger partial charge < -0.3 is 4.90 Å². The van der Waals surface area contributed by atoms with Gasteiger partial charge in [0.1, 0.15) is 0 Å². The highest BCUT2D eigenvalue weighted by Gasteiger charge is 2.29. The second-order valence-corrected chi connectivity index (χ2v) is 6.63. The summed E-state index contributed by atoms with van der Waals surface area (Å²) >= 11 is 0. The first-order valence-electron chi connectivity index (χ1n) is 7.41. The molecule has 1 aliphatic heterocycles. The van der Waals surface area contributed by atoms with Crippen molar-refractivity contribution >= 4 is 5.91 Å². The molecule has 0 N–H and O–H groups in total. The number of piperazine rings is 1. The van der Waals surface area contributed by atoms with Gasteiger partial charge in [-0.25, -0.2) is 0 Å². The summed E-state index contributed by atoms with van der Waals surface area (Å²) in [4.78, 5) is 16.5. The minimum absolute atomic E-state index is 0.230. The van der Waals surface area contributed by atoms with Crippen LogP contribution in [0.3, 0.4) is 0 Å². The van der Waals surface area contributed by atoms with Gasteiger partial charge in [0.05, 0.1) is 11.6 Å². The number of rotatable bonds is 2. The minimum Gasteiger partial charge on any atom is -0.340 e. The molecule has 1 aliphatic rings. The lowest BCUT2D eigenvalue weighted by Gasteiger charge is -2.37. The van der Waals surface area contributed by atoms with Crippen LogP contribution in [-0.2, 0) is 11.3 Å². The van der Waals surface area contributed by atoms with Crippen LogP contribution in [0.4, 0.5) is 0 Å². The van der Waals surface area contributed by atoms with Gasteiger partial charge in [0.15, 0.2) is 0 Å². The van der Waals surface area contributed by atoms with Gasteiger partial charge in [-0.3, -0.25) is 9.69 Å². The van der Waals surface area contributed by atoms with Crippen molar-refractivity contribution in [2.24, 2.45) is 5.41 Å². The Hall–Kier alpha value is -1.86. The van der Waals surface area contributed by atoms with Gasteiger partial charge in [0.2, 0.25) is 5.91 Å². The molecule has 0 aromatic heterocycles. The topological polar surface area (TPSA) is 47.3 Å². The van der Waals surface area contributed by atoms with Gasteiger partial charge in [0.25, 0.3) is 0 Å². The molecule has 1 amide bonds. The van der Waals surface area contributed by atoms with E-state index >= 15 is 0 Å². The molecular formula is C17H23N3O. The molecular weight excluding hydrogens is 262 g/mol.